The molecule has 0 spiro atoms. The molecule has 23 heavy (non-hydrogen) atoms. The Hall–Kier alpha value is -2.41. The third kappa shape index (κ3) is 4.79. The van der Waals surface area contributed by atoms with E-state index in [0.717, 1.165) is 12.1 Å². The minimum absolute atomic E-state index is 0.139. The molecule has 7 heteroatoms. The van der Waals surface area contributed by atoms with Gasteiger partial charge in [0.1, 0.15) is 11.6 Å². The van der Waals surface area contributed by atoms with Crippen LogP contribution >= 0.6 is 15.9 Å². The van der Waals surface area contributed by atoms with Crippen molar-refractivity contribution in [2.45, 2.75) is 0 Å². The number of rotatable bonds is 5. The second kappa shape index (κ2) is 7.73. The summed E-state index contributed by atoms with van der Waals surface area (Å²) in [4.78, 5) is 23.6. The summed E-state index contributed by atoms with van der Waals surface area (Å²) >= 11 is 3.07. The van der Waals surface area contributed by atoms with Gasteiger partial charge in [0, 0.05) is 16.2 Å². The first-order valence-electron chi connectivity index (χ1n) is 6.55. The summed E-state index contributed by atoms with van der Waals surface area (Å²) in [6.45, 7) is -0.458. The maximum absolute atomic E-state index is 13.0. The molecule has 0 heterocycles. The molecule has 2 rings (SSSR count). The number of ether oxygens (including phenoxy) is 2. The fourth-order valence-electron chi connectivity index (χ4n) is 1.76. The normalized spacial score (nSPS) is 10.0. The molecule has 1 amide bonds. The van der Waals surface area contributed by atoms with Crippen molar-refractivity contribution in [1.82, 2.24) is 0 Å². The number of methoxy groups -OCH3 is 1. The number of nitrogens with one attached hydrogen (secondary N) is 1. The van der Waals surface area contributed by atoms with Crippen LogP contribution in [-0.4, -0.2) is 25.6 Å². The maximum Gasteiger partial charge on any atom is 0.339 e. The van der Waals surface area contributed by atoms with Crippen LogP contribution < -0.4 is 10.1 Å². The minimum atomic E-state index is -0.724. The number of hydrogen-bond donors (Lipinski definition) is 1. The quantitative estimate of drug-likeness (QED) is 0.806. The molecule has 2 aromatic rings. The maximum atomic E-state index is 13.0. The van der Waals surface area contributed by atoms with Crippen LogP contribution in [0.1, 0.15) is 10.4 Å². The Bertz CT molecular complexity index is 736. The van der Waals surface area contributed by atoms with Gasteiger partial charge in [0.2, 0.25) is 0 Å². The highest BCUT2D eigenvalue weighted by Gasteiger charge is 2.14. The molecule has 0 radical (unpaired) electrons. The summed E-state index contributed by atoms with van der Waals surface area (Å²) in [6, 6.07) is 10.3. The molecule has 0 unspecified atom stereocenters. The van der Waals surface area contributed by atoms with Gasteiger partial charge in [-0.05, 0) is 46.3 Å². The van der Waals surface area contributed by atoms with Crippen molar-refractivity contribution in [3.8, 4) is 5.75 Å². The number of amides is 1. The number of hydrogen-bond acceptors (Lipinski definition) is 4. The summed E-state index contributed by atoms with van der Waals surface area (Å²) in [6.07, 6.45) is 0. The second-order valence-corrected chi connectivity index (χ2v) is 5.33. The van der Waals surface area contributed by atoms with Crippen molar-refractivity contribution < 1.29 is 23.5 Å². The van der Waals surface area contributed by atoms with Gasteiger partial charge in [0.05, 0.1) is 12.7 Å². The van der Waals surface area contributed by atoms with Crippen molar-refractivity contribution in [1.29, 1.82) is 0 Å². The van der Waals surface area contributed by atoms with E-state index in [1.165, 1.54) is 13.2 Å². The van der Waals surface area contributed by atoms with Gasteiger partial charge in [-0.3, -0.25) is 4.79 Å². The third-order valence-corrected chi connectivity index (χ3v) is 3.49. The number of benzene rings is 2. The van der Waals surface area contributed by atoms with E-state index in [2.05, 4.69) is 21.2 Å². The van der Waals surface area contributed by atoms with E-state index in [4.69, 9.17) is 9.47 Å². The van der Waals surface area contributed by atoms with Crippen LogP contribution in [0.25, 0.3) is 0 Å². The van der Waals surface area contributed by atoms with Gasteiger partial charge in [-0.1, -0.05) is 6.07 Å². The summed E-state index contributed by atoms with van der Waals surface area (Å²) < 4.78 is 23.2. The molecule has 0 aliphatic rings. The second-order valence-electron chi connectivity index (χ2n) is 4.48. The average Bonchev–Trinajstić information content (AvgIpc) is 2.53. The molecule has 0 fully saturated rings. The van der Waals surface area contributed by atoms with Crippen LogP contribution in [0.5, 0.6) is 5.75 Å². The fraction of sp³-hybridized carbons (Fsp3) is 0.125. The van der Waals surface area contributed by atoms with Gasteiger partial charge in [-0.2, -0.15) is 0 Å². The predicted molar refractivity (Wildman–Crippen MR) is 86.0 cm³/mol. The topological polar surface area (TPSA) is 64.6 Å². The average molecular weight is 382 g/mol. The highest BCUT2D eigenvalue weighted by atomic mass is 79.9. The number of halogens is 2. The Morgan fingerprint density at radius 2 is 2.00 bits per heavy atom. The van der Waals surface area contributed by atoms with Gasteiger partial charge in [0.25, 0.3) is 5.91 Å². The third-order valence-electron chi connectivity index (χ3n) is 2.84. The number of esters is 1. The van der Waals surface area contributed by atoms with E-state index in [1.54, 1.807) is 24.3 Å². The van der Waals surface area contributed by atoms with Crippen molar-refractivity contribution >= 4 is 33.5 Å². The molecular weight excluding hydrogens is 369 g/mol. The van der Waals surface area contributed by atoms with Crippen molar-refractivity contribution in [3.05, 3.63) is 58.3 Å². The smallest absolute Gasteiger partial charge is 0.339 e. The first-order chi connectivity index (χ1) is 11.0. The lowest BCUT2D eigenvalue weighted by atomic mass is 10.2. The zero-order valence-corrected chi connectivity index (χ0v) is 13.7. The van der Waals surface area contributed by atoms with Crippen LogP contribution in [0.3, 0.4) is 0 Å². The molecule has 5 nitrogen and oxygen atoms in total. The molecule has 0 aliphatic heterocycles. The summed E-state index contributed by atoms with van der Waals surface area (Å²) in [5.41, 5.74) is 0.661. The van der Waals surface area contributed by atoms with Crippen LogP contribution in [0, 0.1) is 5.82 Å². The Morgan fingerprint density at radius 3 is 2.70 bits per heavy atom. The van der Waals surface area contributed by atoms with Crippen LogP contribution in [-0.2, 0) is 9.53 Å². The molecule has 120 valence electrons. The highest BCUT2D eigenvalue weighted by molar-refractivity contribution is 9.10. The van der Waals surface area contributed by atoms with Crippen molar-refractivity contribution in [2.24, 2.45) is 0 Å². The largest absolute Gasteiger partial charge is 0.497 e. The lowest BCUT2D eigenvalue weighted by Gasteiger charge is -2.08. The summed E-state index contributed by atoms with van der Waals surface area (Å²) in [5.74, 6) is -1.11. The SMILES string of the molecule is COc1cccc(NC(=O)COC(=O)c2ccc(F)cc2Br)c1. The molecule has 0 saturated carbocycles. The van der Waals surface area contributed by atoms with Gasteiger partial charge in [0.15, 0.2) is 6.61 Å². The van der Waals surface area contributed by atoms with Crippen LogP contribution in [0.2, 0.25) is 0 Å². The number of carbonyl (C=O) groups excluding carboxylic acids is 2. The summed E-state index contributed by atoms with van der Waals surface area (Å²) in [7, 11) is 1.52. The lowest BCUT2D eigenvalue weighted by Crippen LogP contribution is -2.21. The van der Waals surface area contributed by atoms with E-state index in [-0.39, 0.29) is 10.0 Å². The standard InChI is InChI=1S/C16H13BrFNO4/c1-22-12-4-2-3-11(8-12)19-15(20)9-23-16(21)13-6-5-10(18)7-14(13)17/h2-8H,9H2,1H3,(H,19,20). The van der Waals surface area contributed by atoms with E-state index in [1.807, 2.05) is 0 Å². The van der Waals surface area contributed by atoms with Crippen LogP contribution in [0.4, 0.5) is 10.1 Å². The van der Waals surface area contributed by atoms with E-state index in [0.29, 0.717) is 11.4 Å². The molecule has 0 saturated heterocycles. The first kappa shape index (κ1) is 17.0. The zero-order valence-electron chi connectivity index (χ0n) is 12.1. The highest BCUT2D eigenvalue weighted by Crippen LogP contribution is 2.19. The van der Waals surface area contributed by atoms with Gasteiger partial charge in [-0.25, -0.2) is 9.18 Å². The Labute approximate surface area is 140 Å². The van der Waals surface area contributed by atoms with Crippen LogP contribution in [0.15, 0.2) is 46.9 Å². The zero-order chi connectivity index (χ0) is 16.8. The van der Waals surface area contributed by atoms with Gasteiger partial charge in [-0.15, -0.1) is 0 Å². The Kier molecular flexibility index (Phi) is 5.70. The number of anilines is 1. The van der Waals surface area contributed by atoms with E-state index >= 15 is 0 Å². The molecule has 0 atom stereocenters. The minimum Gasteiger partial charge on any atom is -0.497 e. The molecule has 2 aromatic carbocycles. The first-order valence-corrected chi connectivity index (χ1v) is 7.35. The van der Waals surface area contributed by atoms with Crippen molar-refractivity contribution in [2.75, 3.05) is 19.0 Å². The molecular formula is C16H13BrFNO4. The predicted octanol–water partition coefficient (Wildman–Crippen LogP) is 3.39. The monoisotopic (exact) mass is 381 g/mol. The fourth-order valence-corrected chi connectivity index (χ4v) is 2.27. The lowest BCUT2D eigenvalue weighted by molar-refractivity contribution is -0.119. The van der Waals surface area contributed by atoms with Gasteiger partial charge < -0.3 is 14.8 Å². The van der Waals surface area contributed by atoms with E-state index in [9.17, 15) is 14.0 Å². The van der Waals surface area contributed by atoms with E-state index < -0.39 is 24.3 Å². The van der Waals surface area contributed by atoms with Gasteiger partial charge >= 0.3 is 5.97 Å². The molecule has 1 N–H and O–H groups in total. The molecule has 0 bridgehead atoms. The Morgan fingerprint density at radius 1 is 1.22 bits per heavy atom. The van der Waals surface area contributed by atoms with Crippen molar-refractivity contribution in [3.63, 3.8) is 0 Å². The Balaban J connectivity index is 1.92. The molecule has 0 aromatic heterocycles. The summed E-state index contributed by atoms with van der Waals surface area (Å²) in [5, 5.41) is 2.58. The number of carbonyl (C=O) groups is 2. The molecule has 0 aliphatic carbocycles.